The second kappa shape index (κ2) is 7.76. The molecule has 1 aliphatic rings. The summed E-state index contributed by atoms with van der Waals surface area (Å²) in [5, 5.41) is 46.8. The van der Waals surface area contributed by atoms with Gasteiger partial charge in [-0.05, 0) is 12.8 Å². The van der Waals surface area contributed by atoms with E-state index in [1.165, 1.54) is 4.90 Å². The van der Waals surface area contributed by atoms with Gasteiger partial charge in [0.25, 0.3) is 5.91 Å². The van der Waals surface area contributed by atoms with Crippen LogP contribution in [0.4, 0.5) is 0 Å². The van der Waals surface area contributed by atoms with Crippen molar-refractivity contribution in [2.45, 2.75) is 50.1 Å². The Morgan fingerprint density at radius 3 is 2.26 bits per heavy atom. The van der Waals surface area contributed by atoms with Gasteiger partial charge >= 0.3 is 0 Å². The first-order chi connectivity index (χ1) is 8.99. The predicted octanol–water partition coefficient (Wildman–Crippen LogP) is -2.18. The largest absolute Gasteiger partial charge is 0.396 e. The fraction of sp³-hybridized carbons (Fsp3) is 0.917. The van der Waals surface area contributed by atoms with E-state index in [1.807, 2.05) is 0 Å². The van der Waals surface area contributed by atoms with Gasteiger partial charge in [0.15, 0.2) is 6.10 Å². The molecule has 19 heavy (non-hydrogen) atoms. The molecular weight excluding hydrogens is 254 g/mol. The minimum atomic E-state index is -1.70. The number of β-amino-alcohol motifs (C(OH)–C–C–N with tert-alkyl or cyclic N) is 1. The maximum absolute atomic E-state index is 11.8. The first-order valence-electron chi connectivity index (χ1n) is 6.61. The third-order valence-corrected chi connectivity index (χ3v) is 3.38. The number of likely N-dealkylation sites (tertiary alicyclic amines) is 1. The van der Waals surface area contributed by atoms with Crippen LogP contribution in [0.5, 0.6) is 0 Å². The molecule has 0 aromatic carbocycles. The molecule has 0 saturated carbocycles. The molecule has 0 aromatic rings. The third-order valence-electron chi connectivity index (χ3n) is 3.38. The average Bonchev–Trinajstić information content (AvgIpc) is 2.47. The van der Waals surface area contributed by atoms with Gasteiger partial charge in [-0.2, -0.15) is 0 Å². The Morgan fingerprint density at radius 2 is 1.63 bits per heavy atom. The molecule has 1 heterocycles. The van der Waals surface area contributed by atoms with Gasteiger partial charge in [0.2, 0.25) is 0 Å². The van der Waals surface area contributed by atoms with Crippen molar-refractivity contribution in [1.29, 1.82) is 0 Å². The van der Waals surface area contributed by atoms with Gasteiger partial charge in [0, 0.05) is 19.7 Å². The molecule has 0 radical (unpaired) electrons. The summed E-state index contributed by atoms with van der Waals surface area (Å²) in [5.41, 5.74) is 0. The molecule has 4 atom stereocenters. The highest BCUT2D eigenvalue weighted by Crippen LogP contribution is 2.15. The maximum atomic E-state index is 11.8. The van der Waals surface area contributed by atoms with Crippen LogP contribution in [0.2, 0.25) is 0 Å². The molecule has 1 rings (SSSR count). The van der Waals surface area contributed by atoms with Crippen LogP contribution in [0.3, 0.4) is 0 Å². The van der Waals surface area contributed by atoms with E-state index in [2.05, 4.69) is 0 Å². The second-order valence-electron chi connectivity index (χ2n) is 4.92. The summed E-state index contributed by atoms with van der Waals surface area (Å²) in [6, 6.07) is 0. The number of aliphatic hydroxyl groups excluding tert-OH is 5. The standard InChI is InChI=1S/C12H23NO6/c14-6-4-2-1-3-5-13-7-8(15)9(16)10(17)11(18)12(13)19/h8-11,14-18H,1-7H2/t8-,9+,10+,11-/m1/s1. The van der Waals surface area contributed by atoms with E-state index in [0.717, 1.165) is 12.8 Å². The van der Waals surface area contributed by atoms with Crippen molar-refractivity contribution in [1.82, 2.24) is 4.90 Å². The molecule has 1 aliphatic heterocycles. The number of hydrogen-bond acceptors (Lipinski definition) is 6. The quantitative estimate of drug-likeness (QED) is 0.352. The Kier molecular flexibility index (Phi) is 6.67. The predicted molar refractivity (Wildman–Crippen MR) is 66.2 cm³/mol. The minimum absolute atomic E-state index is 0.103. The van der Waals surface area contributed by atoms with Crippen molar-refractivity contribution in [2.24, 2.45) is 0 Å². The molecule has 0 aliphatic carbocycles. The lowest BCUT2D eigenvalue weighted by Crippen LogP contribution is -2.45. The number of rotatable bonds is 6. The molecule has 0 aromatic heterocycles. The van der Waals surface area contributed by atoms with Crippen LogP contribution in [0, 0.1) is 0 Å². The topological polar surface area (TPSA) is 121 Å². The molecule has 0 spiro atoms. The zero-order valence-electron chi connectivity index (χ0n) is 10.9. The maximum Gasteiger partial charge on any atom is 0.254 e. The fourth-order valence-electron chi connectivity index (χ4n) is 2.14. The van der Waals surface area contributed by atoms with Crippen molar-refractivity contribution in [3.8, 4) is 0 Å². The number of amides is 1. The summed E-state index contributed by atoms with van der Waals surface area (Å²) in [7, 11) is 0. The van der Waals surface area contributed by atoms with Gasteiger partial charge in [-0.1, -0.05) is 12.8 Å². The SMILES string of the molecule is O=C1[C@H](O)[C@@H](O)[C@@H](O)[C@H](O)CN1CCCCCCO. The van der Waals surface area contributed by atoms with Crippen LogP contribution in [0.1, 0.15) is 25.7 Å². The number of carbonyl (C=O) groups excluding carboxylic acids is 1. The van der Waals surface area contributed by atoms with Crippen LogP contribution in [0.25, 0.3) is 0 Å². The summed E-state index contributed by atoms with van der Waals surface area (Å²) in [6.45, 7) is 0.379. The Bertz CT molecular complexity index is 287. The lowest BCUT2D eigenvalue weighted by molar-refractivity contribution is -0.147. The van der Waals surface area contributed by atoms with Crippen molar-refractivity contribution in [2.75, 3.05) is 19.7 Å². The van der Waals surface area contributed by atoms with E-state index in [4.69, 9.17) is 5.11 Å². The fourth-order valence-corrected chi connectivity index (χ4v) is 2.14. The highest BCUT2D eigenvalue weighted by atomic mass is 16.4. The van der Waals surface area contributed by atoms with E-state index in [1.54, 1.807) is 0 Å². The Labute approximate surface area is 112 Å². The summed E-state index contributed by atoms with van der Waals surface area (Å²) in [5.74, 6) is -0.676. The van der Waals surface area contributed by atoms with Crippen molar-refractivity contribution >= 4 is 5.91 Å². The van der Waals surface area contributed by atoms with Gasteiger partial charge in [-0.25, -0.2) is 0 Å². The number of aliphatic hydroxyl groups is 5. The molecule has 1 fully saturated rings. The zero-order chi connectivity index (χ0) is 14.4. The van der Waals surface area contributed by atoms with Crippen molar-refractivity contribution < 1.29 is 30.3 Å². The normalized spacial score (nSPS) is 32.5. The first kappa shape index (κ1) is 16.3. The van der Waals surface area contributed by atoms with Crippen molar-refractivity contribution in [3.05, 3.63) is 0 Å². The van der Waals surface area contributed by atoms with Gasteiger partial charge < -0.3 is 30.4 Å². The van der Waals surface area contributed by atoms with E-state index in [9.17, 15) is 25.2 Å². The molecular formula is C12H23NO6. The number of unbranched alkanes of at least 4 members (excludes halogenated alkanes) is 3. The molecule has 0 unspecified atom stereocenters. The lowest BCUT2D eigenvalue weighted by atomic mass is 10.1. The van der Waals surface area contributed by atoms with Crippen LogP contribution < -0.4 is 0 Å². The third kappa shape index (κ3) is 4.39. The number of carbonyl (C=O) groups is 1. The molecule has 1 saturated heterocycles. The van der Waals surface area contributed by atoms with Crippen molar-refractivity contribution in [3.63, 3.8) is 0 Å². The summed E-state index contributed by atoms with van der Waals surface area (Å²) in [4.78, 5) is 13.1. The lowest BCUT2D eigenvalue weighted by Gasteiger charge is -2.23. The van der Waals surface area contributed by atoms with Gasteiger partial charge in [-0.3, -0.25) is 4.79 Å². The van der Waals surface area contributed by atoms with Gasteiger partial charge in [0.1, 0.15) is 18.3 Å². The zero-order valence-corrected chi connectivity index (χ0v) is 10.9. The smallest absolute Gasteiger partial charge is 0.254 e. The molecule has 7 nitrogen and oxygen atoms in total. The highest BCUT2D eigenvalue weighted by molar-refractivity contribution is 5.81. The van der Waals surface area contributed by atoms with Crippen LogP contribution in [-0.2, 0) is 4.79 Å². The highest BCUT2D eigenvalue weighted by Gasteiger charge is 2.41. The molecule has 7 heteroatoms. The van der Waals surface area contributed by atoms with Crippen LogP contribution in [-0.4, -0.2) is 80.5 Å². The average molecular weight is 277 g/mol. The van der Waals surface area contributed by atoms with E-state index in [0.29, 0.717) is 19.4 Å². The Hall–Kier alpha value is -0.730. The molecule has 5 N–H and O–H groups in total. The number of hydrogen-bond donors (Lipinski definition) is 5. The van der Waals surface area contributed by atoms with Gasteiger partial charge in [-0.15, -0.1) is 0 Å². The van der Waals surface area contributed by atoms with E-state index in [-0.39, 0.29) is 13.2 Å². The van der Waals surface area contributed by atoms with Crippen LogP contribution in [0.15, 0.2) is 0 Å². The van der Waals surface area contributed by atoms with Gasteiger partial charge in [0.05, 0.1) is 0 Å². The monoisotopic (exact) mass is 277 g/mol. The second-order valence-corrected chi connectivity index (χ2v) is 4.92. The van der Waals surface area contributed by atoms with Crippen LogP contribution >= 0.6 is 0 Å². The first-order valence-corrected chi connectivity index (χ1v) is 6.61. The molecule has 1 amide bonds. The Morgan fingerprint density at radius 1 is 1.00 bits per heavy atom. The molecule has 112 valence electrons. The molecule has 0 bridgehead atoms. The summed E-state index contributed by atoms with van der Waals surface area (Å²) >= 11 is 0. The van der Waals surface area contributed by atoms with E-state index >= 15 is 0 Å². The number of nitrogens with zero attached hydrogens (tertiary/aromatic N) is 1. The Balaban J connectivity index is 2.50. The summed E-state index contributed by atoms with van der Waals surface area (Å²) in [6.07, 6.45) is -3.12. The van der Waals surface area contributed by atoms with E-state index < -0.39 is 30.3 Å². The summed E-state index contributed by atoms with van der Waals surface area (Å²) < 4.78 is 0. The minimum Gasteiger partial charge on any atom is -0.396 e.